The highest BCUT2D eigenvalue weighted by Crippen LogP contribution is 2.68. The first-order valence-electron chi connectivity index (χ1n) is 17.2. The average molecular weight is 626 g/mol. The van der Waals surface area contributed by atoms with Gasteiger partial charge in [0.15, 0.2) is 0 Å². The summed E-state index contributed by atoms with van der Waals surface area (Å²) in [6.07, 6.45) is 20.5. The first-order valence-corrected chi connectivity index (χ1v) is 17.2. The van der Waals surface area contributed by atoms with E-state index in [-0.39, 0.29) is 44.8 Å². The molecule has 3 N–H and O–H groups in total. The molecule has 1 unspecified atom stereocenters. The Hall–Kier alpha value is -2.73. The van der Waals surface area contributed by atoms with E-state index in [9.17, 15) is 14.7 Å². The molecule has 4 saturated carbocycles. The Labute approximate surface area is 269 Å². The number of amides is 2. The molecule has 4 aliphatic carbocycles. The highest BCUT2D eigenvalue weighted by Gasteiger charge is 2.60. The van der Waals surface area contributed by atoms with E-state index in [1.807, 2.05) is 6.08 Å². The van der Waals surface area contributed by atoms with Crippen molar-refractivity contribution in [2.45, 2.75) is 110 Å². The summed E-state index contributed by atoms with van der Waals surface area (Å²) in [6, 6.07) is 0. The van der Waals surface area contributed by atoms with Crippen molar-refractivity contribution >= 4 is 12.0 Å². The molecule has 0 heterocycles. The molecule has 4 rings (SSSR count). The third-order valence-electron chi connectivity index (χ3n) is 12.2. The van der Waals surface area contributed by atoms with E-state index in [2.05, 4.69) is 47.4 Å². The van der Waals surface area contributed by atoms with Gasteiger partial charge >= 0.3 is 6.09 Å². The minimum atomic E-state index is -0.744. The van der Waals surface area contributed by atoms with Gasteiger partial charge in [-0.3, -0.25) is 4.79 Å². The van der Waals surface area contributed by atoms with Crippen LogP contribution >= 0.6 is 0 Å². The summed E-state index contributed by atoms with van der Waals surface area (Å²) in [5.41, 5.74) is 9.05. The standard InChI is InChI=1S/C35H55N5O5/c1-5-8-31(39-33(43)45-22-21-44-20-19-37-40-36)38-32(42)10-7-6-9-24(2)28-13-14-29-27-12-11-25-23-26(41)15-17-34(25,3)30(27)16-18-35(28,29)4/h1,7,10,24-31,41H,6,8-9,11-23H2,2-4H3,(H,38,42)(H,39,43)/t24-,25-,26-,27+,28-,29+,30+,31?,34+,35-/m1/s1. The molecule has 4 fully saturated rings. The Kier molecular flexibility index (Phi) is 12.6. The van der Waals surface area contributed by atoms with Crippen LogP contribution < -0.4 is 10.6 Å². The van der Waals surface area contributed by atoms with Crippen LogP contribution in [-0.2, 0) is 14.3 Å². The number of nitrogens with one attached hydrogen (secondary N) is 2. The van der Waals surface area contributed by atoms with E-state index in [1.54, 1.807) is 0 Å². The number of carbonyl (C=O) groups is 2. The van der Waals surface area contributed by atoms with Crippen molar-refractivity contribution < 1.29 is 24.2 Å². The van der Waals surface area contributed by atoms with Crippen molar-refractivity contribution in [2.75, 3.05) is 26.4 Å². The number of rotatable bonds is 14. The van der Waals surface area contributed by atoms with Crippen LogP contribution in [0.2, 0.25) is 0 Å². The molecule has 0 aromatic rings. The Morgan fingerprint density at radius 1 is 1.09 bits per heavy atom. The van der Waals surface area contributed by atoms with Crippen LogP contribution in [0.25, 0.3) is 10.4 Å². The summed E-state index contributed by atoms with van der Waals surface area (Å²) < 4.78 is 10.3. The predicted molar refractivity (Wildman–Crippen MR) is 173 cm³/mol. The van der Waals surface area contributed by atoms with Gasteiger partial charge in [0.2, 0.25) is 5.91 Å². The molecule has 0 aromatic carbocycles. The summed E-state index contributed by atoms with van der Waals surface area (Å²) in [4.78, 5) is 27.3. The zero-order valence-electron chi connectivity index (χ0n) is 27.6. The number of nitrogens with zero attached hydrogens (tertiary/aromatic N) is 3. The van der Waals surface area contributed by atoms with Crippen LogP contribution in [0.1, 0.15) is 97.8 Å². The Bertz CT molecular complexity index is 1130. The molecule has 0 aromatic heterocycles. The van der Waals surface area contributed by atoms with Gasteiger partial charge in [-0.1, -0.05) is 32.0 Å². The summed E-state index contributed by atoms with van der Waals surface area (Å²) in [5, 5.41) is 19.0. The third kappa shape index (κ3) is 8.55. The van der Waals surface area contributed by atoms with Gasteiger partial charge in [-0.25, -0.2) is 4.79 Å². The smallest absolute Gasteiger partial charge is 0.408 e. The Morgan fingerprint density at radius 3 is 2.64 bits per heavy atom. The number of aliphatic hydroxyl groups excluding tert-OH is 1. The average Bonchev–Trinajstić information content (AvgIpc) is 3.36. The molecular weight excluding hydrogens is 570 g/mol. The van der Waals surface area contributed by atoms with Gasteiger partial charge in [0.05, 0.1) is 19.3 Å². The normalized spacial score (nSPS) is 35.1. The lowest BCUT2D eigenvalue weighted by Crippen LogP contribution is -2.54. The van der Waals surface area contributed by atoms with Crippen LogP contribution in [0, 0.1) is 58.7 Å². The molecule has 45 heavy (non-hydrogen) atoms. The second-order valence-corrected chi connectivity index (χ2v) is 14.6. The second kappa shape index (κ2) is 16.2. The van der Waals surface area contributed by atoms with Crippen LogP contribution in [0.4, 0.5) is 4.79 Å². The van der Waals surface area contributed by atoms with Gasteiger partial charge in [0, 0.05) is 17.9 Å². The van der Waals surface area contributed by atoms with Gasteiger partial charge in [0.25, 0.3) is 0 Å². The zero-order valence-corrected chi connectivity index (χ0v) is 27.6. The fourth-order valence-corrected chi connectivity index (χ4v) is 10.1. The minimum absolute atomic E-state index is 0.0176. The van der Waals surface area contributed by atoms with Crippen molar-refractivity contribution in [1.82, 2.24) is 10.6 Å². The predicted octanol–water partition coefficient (Wildman–Crippen LogP) is 6.50. The van der Waals surface area contributed by atoms with E-state index < -0.39 is 12.3 Å². The molecule has 0 aliphatic heterocycles. The van der Waals surface area contributed by atoms with Crippen LogP contribution in [0.5, 0.6) is 0 Å². The number of aliphatic hydroxyl groups is 1. The number of fused-ring (bicyclic) bond motifs is 5. The summed E-state index contributed by atoms with van der Waals surface area (Å²) in [7, 11) is 0. The second-order valence-electron chi connectivity index (χ2n) is 14.6. The fraction of sp³-hybridized carbons (Fsp3) is 0.829. The van der Waals surface area contributed by atoms with Gasteiger partial charge in [-0.05, 0) is 129 Å². The summed E-state index contributed by atoms with van der Waals surface area (Å²) in [6.45, 7) is 8.19. The number of hydrogen-bond donors (Lipinski definition) is 3. The van der Waals surface area contributed by atoms with Gasteiger partial charge in [-0.2, -0.15) is 0 Å². The minimum Gasteiger partial charge on any atom is -0.447 e. The number of ether oxygens (including phenoxy) is 2. The molecular formula is C35H55N5O5. The van der Waals surface area contributed by atoms with Gasteiger partial charge in [0.1, 0.15) is 12.8 Å². The first-order chi connectivity index (χ1) is 21.6. The number of carbonyl (C=O) groups excluding carboxylic acids is 2. The van der Waals surface area contributed by atoms with E-state index in [0.717, 1.165) is 49.4 Å². The fourth-order valence-electron chi connectivity index (χ4n) is 10.1. The maximum absolute atomic E-state index is 12.6. The van der Waals surface area contributed by atoms with E-state index >= 15 is 0 Å². The van der Waals surface area contributed by atoms with E-state index in [1.165, 1.54) is 51.0 Å². The van der Waals surface area contributed by atoms with Gasteiger partial charge in [-0.15, -0.1) is 12.3 Å². The number of alkyl carbamates (subject to hydrolysis) is 1. The number of azide groups is 1. The highest BCUT2D eigenvalue weighted by molar-refractivity contribution is 5.88. The molecule has 2 amide bonds. The maximum Gasteiger partial charge on any atom is 0.408 e. The molecule has 0 saturated heterocycles. The molecule has 10 nitrogen and oxygen atoms in total. The summed E-state index contributed by atoms with van der Waals surface area (Å²) >= 11 is 0. The summed E-state index contributed by atoms with van der Waals surface area (Å²) in [5.74, 6) is 6.65. The maximum atomic E-state index is 12.6. The lowest BCUT2D eigenvalue weighted by Gasteiger charge is -2.61. The zero-order chi connectivity index (χ0) is 32.5. The van der Waals surface area contributed by atoms with Crippen molar-refractivity contribution in [3.8, 4) is 12.3 Å². The van der Waals surface area contributed by atoms with Crippen molar-refractivity contribution in [2.24, 2.45) is 51.5 Å². The lowest BCUT2D eigenvalue weighted by molar-refractivity contribution is -0.129. The molecule has 250 valence electrons. The Morgan fingerprint density at radius 2 is 1.87 bits per heavy atom. The molecule has 0 radical (unpaired) electrons. The monoisotopic (exact) mass is 625 g/mol. The van der Waals surface area contributed by atoms with Crippen molar-refractivity contribution in [3.63, 3.8) is 0 Å². The van der Waals surface area contributed by atoms with Crippen molar-refractivity contribution in [1.29, 1.82) is 0 Å². The third-order valence-corrected chi connectivity index (χ3v) is 12.2. The molecule has 10 atom stereocenters. The van der Waals surface area contributed by atoms with Crippen LogP contribution in [-0.4, -0.2) is 55.7 Å². The highest BCUT2D eigenvalue weighted by atomic mass is 16.6. The molecule has 4 aliphatic rings. The van der Waals surface area contributed by atoms with Crippen molar-refractivity contribution in [3.05, 3.63) is 22.6 Å². The lowest BCUT2D eigenvalue weighted by atomic mass is 9.44. The van der Waals surface area contributed by atoms with E-state index in [4.69, 9.17) is 21.4 Å². The number of allylic oxidation sites excluding steroid dienone is 1. The first kappa shape index (κ1) is 35.1. The number of hydrogen-bond acceptors (Lipinski definition) is 6. The molecule has 0 spiro atoms. The van der Waals surface area contributed by atoms with Gasteiger partial charge < -0.3 is 25.2 Å². The number of terminal acetylenes is 1. The molecule has 0 bridgehead atoms. The van der Waals surface area contributed by atoms with E-state index in [0.29, 0.717) is 22.7 Å². The SMILES string of the molecule is C#CCC(NC(=O)C=CCC[C@@H](C)[C@H]1CC[C@H]2[C@@H]3CC[C@@H]4C[C@H](O)CC[C@]4(C)[C@H]3CC[C@]12C)NC(=O)OCCOCCN=[N+]=[N-]. The molecule has 10 heteroatoms. The Balaban J connectivity index is 1.20. The van der Waals surface area contributed by atoms with Crippen LogP contribution in [0.15, 0.2) is 17.3 Å². The van der Waals surface area contributed by atoms with Crippen LogP contribution in [0.3, 0.4) is 0 Å². The largest absolute Gasteiger partial charge is 0.447 e. The quantitative estimate of drug-likeness (QED) is 0.0384. The topological polar surface area (TPSA) is 146 Å².